The van der Waals surface area contributed by atoms with Crippen LogP contribution in [0.3, 0.4) is 0 Å². The first-order chi connectivity index (χ1) is 14.7. The zero-order valence-corrected chi connectivity index (χ0v) is 18.0. The number of unbranched alkanes of at least 4 members (excludes halogenated alkanes) is 1. The van der Waals surface area contributed by atoms with Gasteiger partial charge in [0.2, 0.25) is 5.91 Å². The highest BCUT2D eigenvalue weighted by Gasteiger charge is 2.33. The summed E-state index contributed by atoms with van der Waals surface area (Å²) in [6.45, 7) is 7.21. The Labute approximate surface area is 178 Å². The van der Waals surface area contributed by atoms with Crippen molar-refractivity contribution < 1.29 is 9.53 Å². The minimum absolute atomic E-state index is 0.144. The number of hydrogen-bond acceptors (Lipinski definition) is 3. The van der Waals surface area contributed by atoms with Gasteiger partial charge in [0, 0.05) is 25.4 Å². The van der Waals surface area contributed by atoms with Gasteiger partial charge in [-0.3, -0.25) is 4.79 Å². The zero-order chi connectivity index (χ0) is 20.9. The van der Waals surface area contributed by atoms with Crippen molar-refractivity contribution in [2.75, 3.05) is 19.7 Å². The van der Waals surface area contributed by atoms with Crippen molar-refractivity contribution in [2.24, 2.45) is 0 Å². The molecule has 0 radical (unpaired) electrons. The van der Waals surface area contributed by atoms with Crippen LogP contribution in [0.15, 0.2) is 48.5 Å². The van der Waals surface area contributed by atoms with Gasteiger partial charge >= 0.3 is 0 Å². The van der Waals surface area contributed by atoms with Gasteiger partial charge in [-0.25, -0.2) is 4.98 Å². The molecule has 1 aliphatic heterocycles. The van der Waals surface area contributed by atoms with Gasteiger partial charge in [0.25, 0.3) is 0 Å². The summed E-state index contributed by atoms with van der Waals surface area (Å²) < 4.78 is 8.26. The molecule has 1 fully saturated rings. The third-order valence-electron chi connectivity index (χ3n) is 5.96. The number of ether oxygens (including phenoxy) is 1. The lowest BCUT2D eigenvalue weighted by Crippen LogP contribution is -2.26. The fourth-order valence-electron chi connectivity index (χ4n) is 4.23. The van der Waals surface area contributed by atoms with Crippen molar-refractivity contribution >= 4 is 16.9 Å². The van der Waals surface area contributed by atoms with E-state index in [1.54, 1.807) is 0 Å². The topological polar surface area (TPSA) is 47.4 Å². The Morgan fingerprint density at radius 1 is 1.07 bits per heavy atom. The van der Waals surface area contributed by atoms with E-state index in [9.17, 15) is 4.79 Å². The Kier molecular flexibility index (Phi) is 6.36. The molecule has 1 saturated heterocycles. The quantitative estimate of drug-likeness (QED) is 0.514. The second-order valence-corrected chi connectivity index (χ2v) is 8.05. The number of fused-ring (bicyclic) bond motifs is 1. The summed E-state index contributed by atoms with van der Waals surface area (Å²) in [4.78, 5) is 19.4. The lowest BCUT2D eigenvalue weighted by molar-refractivity contribution is -0.127. The molecule has 1 aromatic heterocycles. The largest absolute Gasteiger partial charge is 0.492 e. The van der Waals surface area contributed by atoms with E-state index in [-0.39, 0.29) is 11.8 Å². The first-order valence-corrected chi connectivity index (χ1v) is 11.1. The maximum absolute atomic E-state index is 12.5. The third kappa shape index (κ3) is 4.35. The molecular formula is C25H31N3O2. The summed E-state index contributed by atoms with van der Waals surface area (Å²) in [5.41, 5.74) is 3.40. The first-order valence-electron chi connectivity index (χ1n) is 11.1. The second kappa shape index (κ2) is 9.33. The van der Waals surface area contributed by atoms with Gasteiger partial charge in [-0.15, -0.1) is 0 Å². The summed E-state index contributed by atoms with van der Waals surface area (Å²) in [7, 11) is 0. The summed E-state index contributed by atoms with van der Waals surface area (Å²) in [5, 5.41) is 0. The average Bonchev–Trinajstić information content (AvgIpc) is 3.33. The molecule has 158 valence electrons. The predicted octanol–water partition coefficient (Wildman–Crippen LogP) is 4.79. The van der Waals surface area contributed by atoms with E-state index >= 15 is 0 Å². The van der Waals surface area contributed by atoms with Crippen LogP contribution in [0.1, 0.15) is 50.4 Å². The number of nitrogens with zero attached hydrogens (tertiary/aromatic N) is 3. The van der Waals surface area contributed by atoms with Crippen molar-refractivity contribution in [1.82, 2.24) is 14.5 Å². The number of para-hydroxylation sites is 2. The van der Waals surface area contributed by atoms with E-state index in [1.807, 2.05) is 35.2 Å². The van der Waals surface area contributed by atoms with Gasteiger partial charge in [0.15, 0.2) is 0 Å². The van der Waals surface area contributed by atoms with E-state index in [1.165, 1.54) is 5.56 Å². The normalized spacial score (nSPS) is 16.5. The molecular weight excluding hydrogens is 374 g/mol. The second-order valence-electron chi connectivity index (χ2n) is 8.05. The predicted molar refractivity (Wildman–Crippen MR) is 120 cm³/mol. The molecule has 0 N–H and O–H groups in total. The number of carbonyl (C=O) groups excluding carboxylic acids is 1. The van der Waals surface area contributed by atoms with Gasteiger partial charge in [-0.05, 0) is 42.7 Å². The molecule has 0 spiro atoms. The van der Waals surface area contributed by atoms with Gasteiger partial charge in [0.05, 0.1) is 17.6 Å². The van der Waals surface area contributed by atoms with Crippen LogP contribution in [0.2, 0.25) is 0 Å². The highest BCUT2D eigenvalue weighted by molar-refractivity contribution is 5.80. The van der Waals surface area contributed by atoms with Gasteiger partial charge < -0.3 is 14.2 Å². The number of carbonyl (C=O) groups is 1. The Balaban J connectivity index is 1.51. The Morgan fingerprint density at radius 2 is 1.87 bits per heavy atom. The maximum Gasteiger partial charge on any atom is 0.223 e. The van der Waals surface area contributed by atoms with Gasteiger partial charge in [-0.2, -0.15) is 0 Å². The van der Waals surface area contributed by atoms with Crippen LogP contribution in [-0.2, 0) is 17.8 Å². The molecule has 0 saturated carbocycles. The molecule has 0 bridgehead atoms. The van der Waals surface area contributed by atoms with E-state index < -0.39 is 0 Å². The number of aryl methyl sites for hydroxylation is 1. The summed E-state index contributed by atoms with van der Waals surface area (Å²) in [6.07, 6.45) is 3.73. The maximum atomic E-state index is 12.5. The molecule has 2 heterocycles. The van der Waals surface area contributed by atoms with Gasteiger partial charge in [0.1, 0.15) is 18.2 Å². The highest BCUT2D eigenvalue weighted by atomic mass is 16.5. The highest BCUT2D eigenvalue weighted by Crippen LogP contribution is 2.30. The van der Waals surface area contributed by atoms with Crippen molar-refractivity contribution in [3.63, 3.8) is 0 Å². The molecule has 30 heavy (non-hydrogen) atoms. The zero-order valence-electron chi connectivity index (χ0n) is 18.0. The standard InChI is InChI=1S/C25H31N3O2/c1-3-5-14-27-18-20(17-24(27)29)25-26-22-8-6-7-9-23(22)28(25)15-16-30-21-12-10-19(4-2)11-13-21/h6-13,20H,3-5,14-18H2,1-2H3. The van der Waals surface area contributed by atoms with Gasteiger partial charge in [-0.1, -0.05) is 44.5 Å². The van der Waals surface area contributed by atoms with Crippen LogP contribution < -0.4 is 4.74 Å². The Morgan fingerprint density at radius 3 is 2.63 bits per heavy atom. The lowest BCUT2D eigenvalue weighted by atomic mass is 10.1. The molecule has 3 aromatic rings. The number of aromatic nitrogens is 2. The molecule has 2 aromatic carbocycles. The van der Waals surface area contributed by atoms with Crippen LogP contribution in [0, 0.1) is 0 Å². The average molecular weight is 406 g/mol. The minimum Gasteiger partial charge on any atom is -0.492 e. The van der Waals surface area contributed by atoms with Crippen molar-refractivity contribution in [3.8, 4) is 5.75 Å². The van der Waals surface area contributed by atoms with E-state index in [4.69, 9.17) is 9.72 Å². The van der Waals surface area contributed by atoms with E-state index in [0.717, 1.165) is 55.0 Å². The first kappa shape index (κ1) is 20.5. The molecule has 1 amide bonds. The van der Waals surface area contributed by atoms with Crippen LogP contribution in [0.5, 0.6) is 5.75 Å². The number of rotatable bonds is 9. The SMILES string of the molecule is CCCCN1CC(c2nc3ccccc3n2CCOc2ccc(CC)cc2)CC1=O. The third-order valence-corrected chi connectivity index (χ3v) is 5.96. The summed E-state index contributed by atoms with van der Waals surface area (Å²) in [5.74, 6) is 2.29. The smallest absolute Gasteiger partial charge is 0.223 e. The van der Waals surface area contributed by atoms with Crippen LogP contribution >= 0.6 is 0 Å². The monoisotopic (exact) mass is 405 g/mol. The molecule has 0 aliphatic carbocycles. The van der Waals surface area contributed by atoms with Crippen LogP contribution in [0.25, 0.3) is 11.0 Å². The minimum atomic E-state index is 0.144. The lowest BCUT2D eigenvalue weighted by Gasteiger charge is -2.17. The van der Waals surface area contributed by atoms with Crippen LogP contribution in [0.4, 0.5) is 0 Å². The molecule has 1 atom stereocenters. The molecule has 1 unspecified atom stereocenters. The number of amides is 1. The Bertz CT molecular complexity index is 993. The number of imidazole rings is 1. The Hall–Kier alpha value is -2.82. The number of hydrogen-bond donors (Lipinski definition) is 0. The molecule has 5 heteroatoms. The summed E-state index contributed by atoms with van der Waals surface area (Å²) in [6, 6.07) is 16.5. The molecule has 1 aliphatic rings. The van der Waals surface area contributed by atoms with Crippen molar-refractivity contribution in [2.45, 2.75) is 52.0 Å². The summed E-state index contributed by atoms with van der Waals surface area (Å²) >= 11 is 0. The van der Waals surface area contributed by atoms with E-state index in [2.05, 4.69) is 36.6 Å². The molecule has 4 rings (SSSR count). The fraction of sp³-hybridized carbons (Fsp3) is 0.440. The molecule has 5 nitrogen and oxygen atoms in total. The van der Waals surface area contributed by atoms with E-state index in [0.29, 0.717) is 19.6 Å². The number of likely N-dealkylation sites (tertiary alicyclic amines) is 1. The van der Waals surface area contributed by atoms with Crippen molar-refractivity contribution in [3.05, 3.63) is 59.9 Å². The van der Waals surface area contributed by atoms with Crippen molar-refractivity contribution in [1.29, 1.82) is 0 Å². The fourth-order valence-corrected chi connectivity index (χ4v) is 4.23. The van der Waals surface area contributed by atoms with Crippen LogP contribution in [-0.4, -0.2) is 40.1 Å². The number of benzene rings is 2.